The minimum Gasteiger partial charge on any atom is -0.391 e. The van der Waals surface area contributed by atoms with Gasteiger partial charge in [0.05, 0.1) is 18.8 Å². The van der Waals surface area contributed by atoms with Gasteiger partial charge >= 0.3 is 0 Å². The summed E-state index contributed by atoms with van der Waals surface area (Å²) in [4.78, 5) is 0. The number of nitrogens with one attached hydrogen (secondary N) is 1. The molecule has 0 aliphatic carbocycles. The highest BCUT2D eigenvalue weighted by molar-refractivity contribution is 4.75. The van der Waals surface area contributed by atoms with Crippen molar-refractivity contribution in [1.82, 2.24) is 5.32 Å². The third-order valence-electron chi connectivity index (χ3n) is 2.73. The summed E-state index contributed by atoms with van der Waals surface area (Å²) in [5.41, 5.74) is 0. The molecule has 0 radical (unpaired) electrons. The van der Waals surface area contributed by atoms with Crippen molar-refractivity contribution in [3.05, 3.63) is 0 Å². The first-order valence-corrected chi connectivity index (χ1v) is 5.24. The lowest BCUT2D eigenvalue weighted by molar-refractivity contribution is -0.0399. The fourth-order valence-corrected chi connectivity index (χ4v) is 1.54. The molecule has 3 unspecified atom stereocenters. The lowest BCUT2D eigenvalue weighted by Gasteiger charge is -2.30. The van der Waals surface area contributed by atoms with Crippen LogP contribution in [-0.4, -0.2) is 37.0 Å². The summed E-state index contributed by atoms with van der Waals surface area (Å²) in [6, 6.07) is 0. The molecule has 0 aromatic carbocycles. The van der Waals surface area contributed by atoms with Crippen LogP contribution in [0.3, 0.4) is 0 Å². The van der Waals surface area contributed by atoms with Crippen LogP contribution in [0.5, 0.6) is 0 Å². The molecule has 78 valence electrons. The fraction of sp³-hybridized carbons (Fsp3) is 1.00. The molecule has 3 heteroatoms. The Morgan fingerprint density at radius 3 is 3.00 bits per heavy atom. The Balaban J connectivity index is 2.18. The minimum absolute atomic E-state index is 0.287. The highest BCUT2D eigenvalue weighted by Gasteiger charge is 2.21. The van der Waals surface area contributed by atoms with Crippen LogP contribution >= 0.6 is 0 Å². The van der Waals surface area contributed by atoms with Gasteiger partial charge in [0.25, 0.3) is 0 Å². The van der Waals surface area contributed by atoms with Gasteiger partial charge in [-0.15, -0.1) is 0 Å². The van der Waals surface area contributed by atoms with Gasteiger partial charge in [-0.05, 0) is 25.3 Å². The second kappa shape index (κ2) is 5.58. The van der Waals surface area contributed by atoms with Crippen LogP contribution in [0.1, 0.15) is 26.7 Å². The molecular formula is C10H21NO2. The lowest BCUT2D eigenvalue weighted by Crippen LogP contribution is -2.42. The first-order valence-electron chi connectivity index (χ1n) is 5.24. The van der Waals surface area contributed by atoms with E-state index in [2.05, 4.69) is 12.2 Å². The molecule has 1 fully saturated rings. The Morgan fingerprint density at radius 1 is 1.62 bits per heavy atom. The highest BCUT2D eigenvalue weighted by atomic mass is 16.5. The van der Waals surface area contributed by atoms with Crippen LogP contribution in [0.4, 0.5) is 0 Å². The van der Waals surface area contributed by atoms with Gasteiger partial charge in [-0.2, -0.15) is 0 Å². The quantitative estimate of drug-likeness (QED) is 0.683. The predicted octanol–water partition coefficient (Wildman–Crippen LogP) is 0.772. The Labute approximate surface area is 80.5 Å². The van der Waals surface area contributed by atoms with Crippen molar-refractivity contribution in [1.29, 1.82) is 0 Å². The van der Waals surface area contributed by atoms with Crippen LogP contribution in [-0.2, 0) is 4.74 Å². The number of piperidine rings is 1. The molecule has 0 amide bonds. The van der Waals surface area contributed by atoms with Crippen LogP contribution < -0.4 is 5.32 Å². The molecular weight excluding hydrogens is 166 g/mol. The van der Waals surface area contributed by atoms with E-state index in [1.165, 1.54) is 6.42 Å². The second-order valence-corrected chi connectivity index (χ2v) is 3.90. The van der Waals surface area contributed by atoms with Gasteiger partial charge in [-0.1, -0.05) is 13.8 Å². The number of aliphatic hydroxyl groups excluding tert-OH is 1. The van der Waals surface area contributed by atoms with E-state index in [-0.39, 0.29) is 12.2 Å². The van der Waals surface area contributed by atoms with Crippen LogP contribution in [0.2, 0.25) is 0 Å². The summed E-state index contributed by atoms with van der Waals surface area (Å²) >= 11 is 0. The van der Waals surface area contributed by atoms with Gasteiger partial charge in [-0.25, -0.2) is 0 Å². The zero-order chi connectivity index (χ0) is 9.68. The first-order chi connectivity index (χ1) is 6.24. The van der Waals surface area contributed by atoms with Gasteiger partial charge in [0, 0.05) is 6.54 Å². The molecule has 1 aliphatic heterocycles. The minimum atomic E-state index is -0.297. The molecule has 3 nitrogen and oxygen atoms in total. The number of aliphatic hydroxyl groups is 1. The number of ether oxygens (including phenoxy) is 1. The molecule has 0 aromatic heterocycles. The molecule has 3 atom stereocenters. The van der Waals surface area contributed by atoms with E-state index in [9.17, 15) is 5.11 Å². The summed E-state index contributed by atoms with van der Waals surface area (Å²) < 4.78 is 5.64. The van der Waals surface area contributed by atoms with Crippen molar-refractivity contribution in [3.63, 3.8) is 0 Å². The highest BCUT2D eigenvalue weighted by Crippen LogP contribution is 2.14. The van der Waals surface area contributed by atoms with Gasteiger partial charge in [-0.3, -0.25) is 0 Å². The molecule has 13 heavy (non-hydrogen) atoms. The second-order valence-electron chi connectivity index (χ2n) is 3.90. The van der Waals surface area contributed by atoms with E-state index >= 15 is 0 Å². The summed E-state index contributed by atoms with van der Waals surface area (Å²) in [6.07, 6.45) is 1.94. The van der Waals surface area contributed by atoms with Crippen LogP contribution in [0, 0.1) is 5.92 Å². The summed E-state index contributed by atoms with van der Waals surface area (Å²) in [7, 11) is 0. The van der Waals surface area contributed by atoms with Gasteiger partial charge in [0.2, 0.25) is 0 Å². The van der Waals surface area contributed by atoms with Gasteiger partial charge in [0.15, 0.2) is 0 Å². The van der Waals surface area contributed by atoms with E-state index < -0.39 is 0 Å². The van der Waals surface area contributed by atoms with E-state index in [1.807, 2.05) is 6.92 Å². The smallest absolute Gasteiger partial charge is 0.0771 e. The first kappa shape index (κ1) is 11.0. The van der Waals surface area contributed by atoms with Crippen molar-refractivity contribution < 1.29 is 9.84 Å². The summed E-state index contributed by atoms with van der Waals surface area (Å²) in [5.74, 6) is 0.616. The van der Waals surface area contributed by atoms with E-state index in [1.54, 1.807) is 0 Å². The van der Waals surface area contributed by atoms with Gasteiger partial charge < -0.3 is 15.2 Å². The molecule has 0 spiro atoms. The topological polar surface area (TPSA) is 41.5 Å². The van der Waals surface area contributed by atoms with Crippen molar-refractivity contribution in [3.8, 4) is 0 Å². The standard InChI is InChI=1S/C10H21NO2/c1-3-9(12)7-13-10-6-11-5-4-8(10)2/h8-12H,3-7H2,1-2H3. The summed E-state index contributed by atoms with van der Waals surface area (Å²) in [5, 5.41) is 12.6. The number of hydrogen-bond donors (Lipinski definition) is 2. The van der Waals surface area contributed by atoms with E-state index in [4.69, 9.17) is 4.74 Å². The Kier molecular flexibility index (Phi) is 4.70. The van der Waals surface area contributed by atoms with Crippen molar-refractivity contribution in [2.75, 3.05) is 19.7 Å². The Bertz CT molecular complexity index is 141. The molecule has 0 saturated carbocycles. The molecule has 1 rings (SSSR count). The van der Waals surface area contributed by atoms with Crippen molar-refractivity contribution in [2.24, 2.45) is 5.92 Å². The maximum atomic E-state index is 9.33. The lowest BCUT2D eigenvalue weighted by atomic mass is 9.97. The van der Waals surface area contributed by atoms with Crippen molar-refractivity contribution in [2.45, 2.75) is 38.9 Å². The van der Waals surface area contributed by atoms with E-state index in [0.717, 1.165) is 19.5 Å². The normalized spacial score (nSPS) is 31.6. The molecule has 1 saturated heterocycles. The molecule has 0 aromatic rings. The third kappa shape index (κ3) is 3.63. The average Bonchev–Trinajstić information content (AvgIpc) is 2.16. The van der Waals surface area contributed by atoms with E-state index in [0.29, 0.717) is 12.5 Å². The zero-order valence-electron chi connectivity index (χ0n) is 8.62. The number of hydrogen-bond acceptors (Lipinski definition) is 3. The van der Waals surface area contributed by atoms with Gasteiger partial charge in [0.1, 0.15) is 0 Å². The maximum Gasteiger partial charge on any atom is 0.0771 e. The third-order valence-corrected chi connectivity index (χ3v) is 2.73. The molecule has 1 heterocycles. The largest absolute Gasteiger partial charge is 0.391 e. The Morgan fingerprint density at radius 2 is 2.38 bits per heavy atom. The van der Waals surface area contributed by atoms with Crippen molar-refractivity contribution >= 4 is 0 Å². The number of rotatable bonds is 4. The molecule has 0 bridgehead atoms. The van der Waals surface area contributed by atoms with Crippen LogP contribution in [0.15, 0.2) is 0 Å². The molecule has 1 aliphatic rings. The SMILES string of the molecule is CCC(O)COC1CNCCC1C. The van der Waals surface area contributed by atoms with Crippen LogP contribution in [0.25, 0.3) is 0 Å². The zero-order valence-corrected chi connectivity index (χ0v) is 8.62. The fourth-order valence-electron chi connectivity index (χ4n) is 1.54. The molecule has 2 N–H and O–H groups in total. The maximum absolute atomic E-state index is 9.33. The monoisotopic (exact) mass is 187 g/mol. The predicted molar refractivity (Wildman–Crippen MR) is 52.7 cm³/mol. The average molecular weight is 187 g/mol. The Hall–Kier alpha value is -0.120. The summed E-state index contributed by atoms with van der Waals surface area (Å²) in [6.45, 7) is 6.68.